The Morgan fingerprint density at radius 2 is 1.89 bits per heavy atom. The number of ether oxygens (including phenoxy) is 2. The summed E-state index contributed by atoms with van der Waals surface area (Å²) < 4.78 is 11.5. The van der Waals surface area contributed by atoms with Crippen molar-refractivity contribution in [1.82, 2.24) is 10.4 Å². The molecule has 2 unspecified atom stereocenters. The van der Waals surface area contributed by atoms with E-state index in [-0.39, 0.29) is 6.04 Å². The maximum atomic E-state index is 12.4. The summed E-state index contributed by atoms with van der Waals surface area (Å²) in [6, 6.07) is -0.147. The Labute approximate surface area is 162 Å². The maximum Gasteiger partial charge on any atom is 0.422 e. The minimum atomic E-state index is -1.01. The van der Waals surface area contributed by atoms with Gasteiger partial charge in [0.1, 0.15) is 11.3 Å². The molecule has 1 aliphatic carbocycles. The molecule has 1 saturated heterocycles. The lowest BCUT2D eigenvalue weighted by Gasteiger charge is -2.36. The number of hydrogen-bond acceptors (Lipinski definition) is 5. The number of nitrogens with one attached hydrogen (secondary N) is 1. The molecule has 0 aromatic heterocycles. The fourth-order valence-corrected chi connectivity index (χ4v) is 3.98. The van der Waals surface area contributed by atoms with E-state index in [1.54, 1.807) is 11.1 Å². The molecule has 1 aliphatic heterocycles. The molecule has 2 aliphatic rings. The summed E-state index contributed by atoms with van der Waals surface area (Å²) in [5.41, 5.74) is 1.47. The van der Waals surface area contributed by atoms with Crippen LogP contribution in [0.25, 0.3) is 0 Å². The minimum Gasteiger partial charge on any atom is -0.478 e. The third kappa shape index (κ3) is 6.50. The van der Waals surface area contributed by atoms with Crippen molar-refractivity contribution >= 4 is 12.1 Å². The molecular weight excluding hydrogens is 348 g/mol. The standard InChI is InChI=1S/C20H34N2O5/c1-19(2,3)27-18(25)21-22-15(13-14-9-7-6-8-10-14)16(11-12-17(23)24)26-20(22,4)5/h11-12,14-16H,6-10,13H2,1-5H3,(H,21,25)(H,23,24)/b12-11+. The lowest BCUT2D eigenvalue weighted by molar-refractivity contribution is -0.131. The van der Waals surface area contributed by atoms with Crippen LogP contribution in [0.15, 0.2) is 12.2 Å². The van der Waals surface area contributed by atoms with Gasteiger partial charge in [0.15, 0.2) is 0 Å². The molecule has 7 nitrogen and oxygen atoms in total. The second-order valence-electron chi connectivity index (χ2n) is 9.02. The fourth-order valence-electron chi connectivity index (χ4n) is 3.98. The summed E-state index contributed by atoms with van der Waals surface area (Å²) in [5, 5.41) is 10.8. The van der Waals surface area contributed by atoms with Crippen LogP contribution < -0.4 is 5.43 Å². The van der Waals surface area contributed by atoms with Gasteiger partial charge in [-0.3, -0.25) is 5.43 Å². The Bertz CT molecular complexity index is 561. The molecule has 2 rings (SSSR count). The summed E-state index contributed by atoms with van der Waals surface area (Å²) in [6.45, 7) is 9.18. The first kappa shape index (κ1) is 21.7. The van der Waals surface area contributed by atoms with Crippen LogP contribution in [0.1, 0.15) is 73.1 Å². The van der Waals surface area contributed by atoms with Crippen molar-refractivity contribution in [3.63, 3.8) is 0 Å². The average Bonchev–Trinajstić information content (AvgIpc) is 2.76. The number of carbonyl (C=O) groups is 2. The number of hydrogen-bond donors (Lipinski definition) is 2. The van der Waals surface area contributed by atoms with Crippen molar-refractivity contribution in [2.45, 2.75) is 96.6 Å². The second-order valence-corrected chi connectivity index (χ2v) is 9.02. The Hall–Kier alpha value is -1.60. The van der Waals surface area contributed by atoms with Crippen molar-refractivity contribution in [2.24, 2.45) is 5.92 Å². The van der Waals surface area contributed by atoms with Gasteiger partial charge in [-0.05, 0) is 53.0 Å². The van der Waals surface area contributed by atoms with E-state index >= 15 is 0 Å². The number of aliphatic carboxylic acids is 1. The van der Waals surface area contributed by atoms with E-state index < -0.39 is 29.5 Å². The van der Waals surface area contributed by atoms with E-state index in [0.717, 1.165) is 25.3 Å². The number of carbonyl (C=O) groups excluding carboxylic acids is 1. The van der Waals surface area contributed by atoms with Crippen LogP contribution in [-0.2, 0) is 14.3 Å². The quantitative estimate of drug-likeness (QED) is 0.702. The Morgan fingerprint density at radius 3 is 2.44 bits per heavy atom. The second kappa shape index (κ2) is 8.61. The number of carboxylic acids is 1. The van der Waals surface area contributed by atoms with Crippen LogP contribution in [0.5, 0.6) is 0 Å². The molecule has 0 spiro atoms. The topological polar surface area (TPSA) is 88.1 Å². The Balaban J connectivity index is 2.19. The molecule has 154 valence electrons. The van der Waals surface area contributed by atoms with E-state index in [2.05, 4.69) is 5.43 Å². The van der Waals surface area contributed by atoms with Gasteiger partial charge >= 0.3 is 12.1 Å². The van der Waals surface area contributed by atoms with Crippen LogP contribution in [-0.4, -0.2) is 45.6 Å². The molecule has 2 atom stereocenters. The van der Waals surface area contributed by atoms with Gasteiger partial charge in [-0.15, -0.1) is 0 Å². The number of hydrazine groups is 1. The van der Waals surface area contributed by atoms with Crippen molar-refractivity contribution in [3.8, 4) is 0 Å². The summed E-state index contributed by atoms with van der Waals surface area (Å²) in [7, 11) is 0. The maximum absolute atomic E-state index is 12.4. The van der Waals surface area contributed by atoms with Gasteiger partial charge < -0.3 is 14.6 Å². The predicted octanol–water partition coefficient (Wildman–Crippen LogP) is 3.84. The lowest BCUT2D eigenvalue weighted by atomic mass is 9.83. The molecule has 1 amide bonds. The number of rotatable bonds is 5. The van der Waals surface area contributed by atoms with E-state index in [1.165, 1.54) is 19.3 Å². The van der Waals surface area contributed by atoms with E-state index in [4.69, 9.17) is 14.6 Å². The SMILES string of the molecule is CC(C)(C)OC(=O)NN1C(CC2CCCCC2)C(/C=C/C(=O)O)OC1(C)C. The lowest BCUT2D eigenvalue weighted by Crippen LogP contribution is -2.56. The largest absolute Gasteiger partial charge is 0.478 e. The normalized spacial score (nSPS) is 27.0. The molecular formula is C20H34N2O5. The first-order valence-electron chi connectivity index (χ1n) is 9.86. The first-order chi connectivity index (χ1) is 12.5. The van der Waals surface area contributed by atoms with Crippen molar-refractivity contribution < 1.29 is 24.2 Å². The predicted molar refractivity (Wildman–Crippen MR) is 102 cm³/mol. The van der Waals surface area contributed by atoms with Crippen LogP contribution >= 0.6 is 0 Å². The van der Waals surface area contributed by atoms with E-state index in [1.807, 2.05) is 34.6 Å². The first-order valence-corrected chi connectivity index (χ1v) is 9.86. The van der Waals surface area contributed by atoms with Crippen molar-refractivity contribution in [3.05, 3.63) is 12.2 Å². The fraction of sp³-hybridized carbons (Fsp3) is 0.800. The van der Waals surface area contributed by atoms with Gasteiger partial charge in [0.25, 0.3) is 0 Å². The molecule has 2 N–H and O–H groups in total. The van der Waals surface area contributed by atoms with Crippen LogP contribution in [0.3, 0.4) is 0 Å². The van der Waals surface area contributed by atoms with E-state index in [0.29, 0.717) is 5.92 Å². The molecule has 0 aromatic carbocycles. The van der Waals surface area contributed by atoms with E-state index in [9.17, 15) is 9.59 Å². The third-order valence-electron chi connectivity index (χ3n) is 5.05. The van der Waals surface area contributed by atoms with Gasteiger partial charge in [0, 0.05) is 6.08 Å². The number of amides is 1. The van der Waals surface area contributed by atoms with Crippen molar-refractivity contribution in [2.75, 3.05) is 0 Å². The zero-order valence-corrected chi connectivity index (χ0v) is 17.2. The monoisotopic (exact) mass is 382 g/mol. The minimum absolute atomic E-state index is 0.147. The van der Waals surface area contributed by atoms with Crippen molar-refractivity contribution in [1.29, 1.82) is 0 Å². The average molecular weight is 383 g/mol. The highest BCUT2D eigenvalue weighted by molar-refractivity contribution is 5.79. The molecule has 1 saturated carbocycles. The molecule has 0 bridgehead atoms. The third-order valence-corrected chi connectivity index (χ3v) is 5.05. The highest BCUT2D eigenvalue weighted by atomic mass is 16.6. The Morgan fingerprint density at radius 1 is 1.26 bits per heavy atom. The van der Waals surface area contributed by atoms with Gasteiger partial charge in [0.2, 0.25) is 0 Å². The summed E-state index contributed by atoms with van der Waals surface area (Å²) in [4.78, 5) is 23.4. The summed E-state index contributed by atoms with van der Waals surface area (Å²) >= 11 is 0. The molecule has 0 aromatic rings. The smallest absolute Gasteiger partial charge is 0.422 e. The van der Waals surface area contributed by atoms with Gasteiger partial charge in [-0.2, -0.15) is 5.01 Å². The van der Waals surface area contributed by atoms with Gasteiger partial charge in [0.05, 0.1) is 12.1 Å². The number of nitrogens with zero attached hydrogens (tertiary/aromatic N) is 1. The van der Waals surface area contributed by atoms with Gasteiger partial charge in [-0.1, -0.05) is 32.1 Å². The highest BCUT2D eigenvalue weighted by Crippen LogP contribution is 2.37. The summed E-state index contributed by atoms with van der Waals surface area (Å²) in [6.07, 6.45) is 8.62. The van der Waals surface area contributed by atoms with Gasteiger partial charge in [-0.25, -0.2) is 9.59 Å². The molecule has 0 radical (unpaired) electrons. The number of carboxylic acid groups (broad SMARTS) is 1. The van der Waals surface area contributed by atoms with Crippen LogP contribution in [0.2, 0.25) is 0 Å². The Kier molecular flexibility index (Phi) is 6.92. The molecule has 7 heteroatoms. The molecule has 2 fully saturated rings. The zero-order valence-electron chi connectivity index (χ0n) is 17.2. The zero-order chi connectivity index (χ0) is 20.2. The van der Waals surface area contributed by atoms with Crippen LogP contribution in [0, 0.1) is 5.92 Å². The molecule has 1 heterocycles. The summed E-state index contributed by atoms with van der Waals surface area (Å²) in [5.74, 6) is -0.462. The van der Waals surface area contributed by atoms with Crippen LogP contribution in [0.4, 0.5) is 4.79 Å². The highest BCUT2D eigenvalue weighted by Gasteiger charge is 2.48. The molecule has 27 heavy (non-hydrogen) atoms.